The van der Waals surface area contributed by atoms with E-state index in [-0.39, 0.29) is 4.90 Å². The van der Waals surface area contributed by atoms with Gasteiger partial charge in [0.15, 0.2) is 0 Å². The maximum atomic E-state index is 12.9. The third kappa shape index (κ3) is 2.75. The zero-order valence-electron chi connectivity index (χ0n) is 11.1. The topological polar surface area (TPSA) is 46.6 Å². The molecule has 20 heavy (non-hydrogen) atoms. The van der Waals surface area contributed by atoms with Crippen LogP contribution < -0.4 is 9.04 Å². The summed E-state index contributed by atoms with van der Waals surface area (Å²) in [5.74, 6) is 0.164. The fourth-order valence-electron chi connectivity index (χ4n) is 1.70. The Morgan fingerprint density at radius 1 is 1.00 bits per heavy atom. The van der Waals surface area contributed by atoms with Crippen molar-refractivity contribution in [3.63, 3.8) is 0 Å². The molecular weight excluding hydrogens is 281 g/mol. The van der Waals surface area contributed by atoms with Crippen molar-refractivity contribution in [1.82, 2.24) is 0 Å². The van der Waals surface area contributed by atoms with Gasteiger partial charge in [0.2, 0.25) is 0 Å². The lowest BCUT2D eigenvalue weighted by Crippen LogP contribution is -2.26. The molecule has 0 unspecified atom stereocenters. The van der Waals surface area contributed by atoms with Crippen molar-refractivity contribution in [1.29, 1.82) is 0 Å². The third-order valence-electron chi connectivity index (χ3n) is 2.91. The molecule has 0 saturated heterocycles. The van der Waals surface area contributed by atoms with Crippen LogP contribution in [0.3, 0.4) is 0 Å². The van der Waals surface area contributed by atoms with Gasteiger partial charge in [0.05, 0.1) is 17.7 Å². The smallest absolute Gasteiger partial charge is 0.264 e. The van der Waals surface area contributed by atoms with E-state index in [1.165, 1.54) is 50.6 Å². The molecule has 106 valence electrons. The summed E-state index contributed by atoms with van der Waals surface area (Å²) in [6.45, 7) is 0. The largest absolute Gasteiger partial charge is 0.497 e. The Kier molecular flexibility index (Phi) is 3.94. The van der Waals surface area contributed by atoms with Gasteiger partial charge in [0, 0.05) is 7.05 Å². The number of hydrogen-bond acceptors (Lipinski definition) is 3. The fraction of sp³-hybridized carbons (Fsp3) is 0.143. The monoisotopic (exact) mass is 295 g/mol. The molecule has 0 bridgehead atoms. The lowest BCUT2D eigenvalue weighted by atomic mass is 10.3. The highest BCUT2D eigenvalue weighted by Gasteiger charge is 2.21. The molecule has 4 nitrogen and oxygen atoms in total. The quantitative estimate of drug-likeness (QED) is 0.871. The standard InChI is InChI=1S/C14H14FNO3S/c1-16(12-5-3-11(15)4-6-12)20(17,18)14-9-7-13(19-2)8-10-14/h3-10H,1-2H3. The number of sulfonamides is 1. The summed E-state index contributed by atoms with van der Waals surface area (Å²) in [6.07, 6.45) is 0. The second-order valence-corrected chi connectivity index (χ2v) is 6.09. The van der Waals surface area contributed by atoms with Crippen LogP contribution in [-0.4, -0.2) is 22.6 Å². The first-order valence-corrected chi connectivity index (χ1v) is 7.28. The van der Waals surface area contributed by atoms with Gasteiger partial charge in [0.1, 0.15) is 11.6 Å². The lowest BCUT2D eigenvalue weighted by Gasteiger charge is -2.19. The van der Waals surface area contributed by atoms with E-state index in [0.29, 0.717) is 11.4 Å². The van der Waals surface area contributed by atoms with Crippen molar-refractivity contribution < 1.29 is 17.5 Å². The minimum absolute atomic E-state index is 0.144. The zero-order chi connectivity index (χ0) is 14.8. The summed E-state index contributed by atoms with van der Waals surface area (Å²) in [7, 11) is -0.743. The molecule has 0 N–H and O–H groups in total. The van der Waals surface area contributed by atoms with Crippen LogP contribution in [0.15, 0.2) is 53.4 Å². The molecule has 0 amide bonds. The Bertz CT molecular complexity index is 681. The molecule has 0 aromatic heterocycles. The Morgan fingerprint density at radius 3 is 2.05 bits per heavy atom. The summed E-state index contributed by atoms with van der Waals surface area (Å²) in [4.78, 5) is 0.144. The average molecular weight is 295 g/mol. The molecular formula is C14H14FNO3S. The van der Waals surface area contributed by atoms with Crippen LogP contribution in [0.2, 0.25) is 0 Å². The van der Waals surface area contributed by atoms with Crippen LogP contribution in [0, 0.1) is 5.82 Å². The predicted octanol–water partition coefficient (Wildman–Crippen LogP) is 2.66. The summed E-state index contributed by atoms with van der Waals surface area (Å²) in [6, 6.07) is 11.3. The summed E-state index contributed by atoms with van der Waals surface area (Å²) in [5.41, 5.74) is 0.391. The van der Waals surface area contributed by atoms with Gasteiger partial charge >= 0.3 is 0 Å². The van der Waals surface area contributed by atoms with Crippen molar-refractivity contribution in [2.24, 2.45) is 0 Å². The minimum Gasteiger partial charge on any atom is -0.497 e. The van der Waals surface area contributed by atoms with Crippen molar-refractivity contribution >= 4 is 15.7 Å². The van der Waals surface area contributed by atoms with Gasteiger partial charge in [-0.1, -0.05) is 0 Å². The van der Waals surface area contributed by atoms with Gasteiger partial charge in [0.25, 0.3) is 10.0 Å². The van der Waals surface area contributed by atoms with Crippen LogP contribution >= 0.6 is 0 Å². The van der Waals surface area contributed by atoms with E-state index in [4.69, 9.17) is 4.74 Å². The van der Waals surface area contributed by atoms with Crippen LogP contribution in [0.5, 0.6) is 5.75 Å². The zero-order valence-corrected chi connectivity index (χ0v) is 11.9. The van der Waals surface area contributed by atoms with Crippen molar-refractivity contribution in [3.05, 3.63) is 54.3 Å². The Labute approximate surface area is 117 Å². The van der Waals surface area contributed by atoms with E-state index in [1.807, 2.05) is 0 Å². The van der Waals surface area contributed by atoms with Gasteiger partial charge in [-0.3, -0.25) is 4.31 Å². The van der Waals surface area contributed by atoms with E-state index in [0.717, 1.165) is 4.31 Å². The summed E-state index contributed by atoms with van der Waals surface area (Å²) in [5, 5.41) is 0. The van der Waals surface area contributed by atoms with E-state index in [9.17, 15) is 12.8 Å². The molecule has 0 fully saturated rings. The highest BCUT2D eigenvalue weighted by molar-refractivity contribution is 7.92. The normalized spacial score (nSPS) is 11.2. The maximum absolute atomic E-state index is 12.9. The minimum atomic E-state index is -3.67. The number of methoxy groups -OCH3 is 1. The van der Waals surface area contributed by atoms with Crippen molar-refractivity contribution in [3.8, 4) is 5.75 Å². The van der Waals surface area contributed by atoms with Crippen LogP contribution in [0.4, 0.5) is 10.1 Å². The number of ether oxygens (including phenoxy) is 1. The third-order valence-corrected chi connectivity index (χ3v) is 4.71. The molecule has 2 rings (SSSR count). The van der Waals surface area contributed by atoms with Gasteiger partial charge in [-0.15, -0.1) is 0 Å². The first kappa shape index (κ1) is 14.3. The molecule has 0 spiro atoms. The highest BCUT2D eigenvalue weighted by Crippen LogP contribution is 2.23. The van der Waals surface area contributed by atoms with E-state index < -0.39 is 15.8 Å². The number of rotatable bonds is 4. The Morgan fingerprint density at radius 2 is 1.55 bits per heavy atom. The molecule has 2 aromatic carbocycles. The molecule has 0 radical (unpaired) electrons. The van der Waals surface area contributed by atoms with E-state index >= 15 is 0 Å². The number of nitrogens with zero attached hydrogens (tertiary/aromatic N) is 1. The Balaban J connectivity index is 2.35. The molecule has 0 saturated carbocycles. The number of hydrogen-bond donors (Lipinski definition) is 0. The van der Waals surface area contributed by atoms with Crippen molar-refractivity contribution in [2.45, 2.75) is 4.90 Å². The van der Waals surface area contributed by atoms with Crippen LogP contribution in [0.25, 0.3) is 0 Å². The maximum Gasteiger partial charge on any atom is 0.264 e. The van der Waals surface area contributed by atoms with E-state index in [2.05, 4.69) is 0 Å². The van der Waals surface area contributed by atoms with Crippen LogP contribution in [-0.2, 0) is 10.0 Å². The number of halogens is 1. The van der Waals surface area contributed by atoms with E-state index in [1.54, 1.807) is 12.1 Å². The van der Waals surface area contributed by atoms with Gasteiger partial charge in [-0.05, 0) is 48.5 Å². The molecule has 0 heterocycles. The molecule has 0 aliphatic heterocycles. The molecule has 6 heteroatoms. The molecule has 0 atom stereocenters. The second-order valence-electron chi connectivity index (χ2n) is 4.12. The summed E-state index contributed by atoms with van der Waals surface area (Å²) < 4.78 is 43.8. The first-order valence-electron chi connectivity index (χ1n) is 5.83. The second kappa shape index (κ2) is 5.50. The van der Waals surface area contributed by atoms with Gasteiger partial charge in [-0.2, -0.15) is 0 Å². The molecule has 2 aromatic rings. The molecule has 0 aliphatic carbocycles. The van der Waals surface area contributed by atoms with Crippen LogP contribution in [0.1, 0.15) is 0 Å². The lowest BCUT2D eigenvalue weighted by molar-refractivity contribution is 0.414. The van der Waals surface area contributed by atoms with Crippen molar-refractivity contribution in [2.75, 3.05) is 18.5 Å². The average Bonchev–Trinajstić information content (AvgIpc) is 2.47. The number of benzene rings is 2. The highest BCUT2D eigenvalue weighted by atomic mass is 32.2. The van der Waals surface area contributed by atoms with Gasteiger partial charge < -0.3 is 4.74 Å². The number of anilines is 1. The SMILES string of the molecule is COc1ccc(S(=O)(=O)N(C)c2ccc(F)cc2)cc1. The summed E-state index contributed by atoms with van der Waals surface area (Å²) >= 11 is 0. The van der Waals surface area contributed by atoms with Gasteiger partial charge in [-0.25, -0.2) is 12.8 Å². The first-order chi connectivity index (χ1) is 9.45. The molecule has 0 aliphatic rings. The fourth-order valence-corrected chi connectivity index (χ4v) is 2.89. The predicted molar refractivity (Wildman–Crippen MR) is 75.0 cm³/mol. The Hall–Kier alpha value is -2.08.